The van der Waals surface area contributed by atoms with Crippen molar-refractivity contribution in [3.05, 3.63) is 101 Å². The van der Waals surface area contributed by atoms with Gasteiger partial charge in [-0.05, 0) is 47.5 Å². The molecule has 0 atom stereocenters. The Bertz CT molecular complexity index is 987. The Morgan fingerprint density at radius 1 is 0.923 bits per heavy atom. The molecular weight excluding hydrogens is 346 g/mol. The maximum absolute atomic E-state index is 12.1. The molecular formula is C22H14ClNO2. The van der Waals surface area contributed by atoms with Gasteiger partial charge in [-0.25, -0.2) is 4.79 Å². The maximum Gasteiger partial charge on any atom is 0.343 e. The highest BCUT2D eigenvalue weighted by Crippen LogP contribution is 2.20. The predicted molar refractivity (Wildman–Crippen MR) is 103 cm³/mol. The second-order valence-electron chi connectivity index (χ2n) is 5.50. The van der Waals surface area contributed by atoms with Crippen LogP contribution in [-0.4, -0.2) is 5.97 Å². The summed E-state index contributed by atoms with van der Waals surface area (Å²) in [5, 5.41) is 9.84. The van der Waals surface area contributed by atoms with E-state index in [1.54, 1.807) is 54.6 Å². The van der Waals surface area contributed by atoms with Gasteiger partial charge in [0.15, 0.2) is 0 Å². The van der Waals surface area contributed by atoms with E-state index in [0.717, 1.165) is 11.1 Å². The van der Waals surface area contributed by atoms with Crippen LogP contribution in [0.25, 0.3) is 11.6 Å². The average Bonchev–Trinajstić information content (AvgIpc) is 2.68. The molecule has 3 nitrogen and oxygen atoms in total. The third-order valence-corrected chi connectivity index (χ3v) is 3.90. The van der Waals surface area contributed by atoms with E-state index in [2.05, 4.69) is 6.07 Å². The first kappa shape index (κ1) is 17.5. The largest absolute Gasteiger partial charge is 0.423 e. The summed E-state index contributed by atoms with van der Waals surface area (Å²) in [7, 11) is 0. The molecule has 0 aliphatic heterocycles. The van der Waals surface area contributed by atoms with Crippen LogP contribution in [0.15, 0.2) is 78.9 Å². The van der Waals surface area contributed by atoms with E-state index < -0.39 is 5.97 Å². The van der Waals surface area contributed by atoms with Crippen molar-refractivity contribution in [3.8, 4) is 11.8 Å². The summed E-state index contributed by atoms with van der Waals surface area (Å²) in [6.07, 6.45) is 1.79. The van der Waals surface area contributed by atoms with Gasteiger partial charge < -0.3 is 4.74 Å². The highest BCUT2D eigenvalue weighted by molar-refractivity contribution is 6.30. The number of rotatable bonds is 4. The van der Waals surface area contributed by atoms with Crippen LogP contribution in [-0.2, 0) is 0 Å². The SMILES string of the molecule is N#C/C(=C/c1ccc(OC(=O)c2cccc(Cl)c2)cc1)c1ccccc1. The summed E-state index contributed by atoms with van der Waals surface area (Å²) >= 11 is 5.88. The van der Waals surface area contributed by atoms with Crippen LogP contribution < -0.4 is 4.74 Å². The molecule has 0 heterocycles. The summed E-state index contributed by atoms with van der Waals surface area (Å²) in [5.74, 6) is -0.0527. The van der Waals surface area contributed by atoms with E-state index in [9.17, 15) is 10.1 Å². The van der Waals surface area contributed by atoms with Gasteiger partial charge in [-0.1, -0.05) is 60.1 Å². The quantitative estimate of drug-likeness (QED) is 0.263. The molecule has 0 spiro atoms. The third-order valence-electron chi connectivity index (χ3n) is 3.67. The second kappa shape index (κ2) is 8.15. The van der Waals surface area contributed by atoms with Crippen molar-refractivity contribution in [2.45, 2.75) is 0 Å². The molecule has 0 aliphatic rings. The molecule has 126 valence electrons. The minimum absolute atomic E-state index is 0.386. The molecule has 0 saturated carbocycles. The number of allylic oxidation sites excluding steroid dienone is 1. The van der Waals surface area contributed by atoms with E-state index in [4.69, 9.17) is 16.3 Å². The first-order valence-electron chi connectivity index (χ1n) is 7.91. The summed E-state index contributed by atoms with van der Waals surface area (Å²) in [6, 6.07) is 25.2. The number of hydrogen-bond acceptors (Lipinski definition) is 3. The van der Waals surface area contributed by atoms with Crippen LogP contribution in [0.2, 0.25) is 5.02 Å². The molecule has 4 heteroatoms. The van der Waals surface area contributed by atoms with Crippen molar-refractivity contribution in [1.82, 2.24) is 0 Å². The van der Waals surface area contributed by atoms with Gasteiger partial charge >= 0.3 is 5.97 Å². The Morgan fingerprint density at radius 3 is 2.27 bits per heavy atom. The van der Waals surface area contributed by atoms with Gasteiger partial charge in [0, 0.05) is 5.02 Å². The maximum atomic E-state index is 12.1. The van der Waals surface area contributed by atoms with Crippen molar-refractivity contribution in [2.24, 2.45) is 0 Å². The van der Waals surface area contributed by atoms with Crippen LogP contribution in [0.4, 0.5) is 0 Å². The van der Waals surface area contributed by atoms with Gasteiger partial charge in [0.05, 0.1) is 17.2 Å². The number of hydrogen-bond donors (Lipinski definition) is 0. The van der Waals surface area contributed by atoms with Crippen molar-refractivity contribution in [2.75, 3.05) is 0 Å². The number of halogens is 1. The van der Waals surface area contributed by atoms with Crippen LogP contribution in [0.1, 0.15) is 21.5 Å². The average molecular weight is 360 g/mol. The fraction of sp³-hybridized carbons (Fsp3) is 0. The molecule has 26 heavy (non-hydrogen) atoms. The van der Waals surface area contributed by atoms with E-state index in [-0.39, 0.29) is 0 Å². The molecule has 0 fully saturated rings. The van der Waals surface area contributed by atoms with Gasteiger partial charge in [0.25, 0.3) is 0 Å². The molecule has 0 bridgehead atoms. The lowest BCUT2D eigenvalue weighted by Gasteiger charge is -2.05. The zero-order chi connectivity index (χ0) is 18.4. The molecule has 0 aliphatic carbocycles. The molecule has 0 N–H and O–H groups in total. The van der Waals surface area contributed by atoms with Crippen LogP contribution >= 0.6 is 11.6 Å². The van der Waals surface area contributed by atoms with Crippen molar-refractivity contribution in [3.63, 3.8) is 0 Å². The smallest absolute Gasteiger partial charge is 0.343 e. The number of nitriles is 1. The normalized spacial score (nSPS) is 10.8. The lowest BCUT2D eigenvalue weighted by Crippen LogP contribution is -2.08. The third kappa shape index (κ3) is 4.38. The first-order chi connectivity index (χ1) is 12.7. The molecule has 3 aromatic rings. The number of carbonyl (C=O) groups is 1. The van der Waals surface area contributed by atoms with Crippen molar-refractivity contribution in [1.29, 1.82) is 5.26 Å². The Balaban J connectivity index is 1.75. The van der Waals surface area contributed by atoms with Gasteiger partial charge in [0.2, 0.25) is 0 Å². The summed E-state index contributed by atoms with van der Waals surface area (Å²) in [4.78, 5) is 12.1. The van der Waals surface area contributed by atoms with Gasteiger partial charge in [-0.2, -0.15) is 5.26 Å². The Morgan fingerprint density at radius 2 is 1.62 bits per heavy atom. The topological polar surface area (TPSA) is 50.1 Å². The summed E-state index contributed by atoms with van der Waals surface area (Å²) in [6.45, 7) is 0. The minimum Gasteiger partial charge on any atom is -0.423 e. The predicted octanol–water partition coefficient (Wildman–Crippen LogP) is 5.62. The molecule has 0 saturated heterocycles. The van der Waals surface area contributed by atoms with Gasteiger partial charge in [0.1, 0.15) is 5.75 Å². The molecule has 0 unspecified atom stereocenters. The van der Waals surface area contributed by atoms with Crippen molar-refractivity contribution < 1.29 is 9.53 Å². The Labute approximate surface area is 156 Å². The zero-order valence-corrected chi connectivity index (χ0v) is 14.5. The lowest BCUT2D eigenvalue weighted by molar-refractivity contribution is 0.0735. The molecule has 3 aromatic carbocycles. The highest BCUT2D eigenvalue weighted by Gasteiger charge is 2.09. The molecule has 3 rings (SSSR count). The Kier molecular flexibility index (Phi) is 5.48. The fourth-order valence-corrected chi connectivity index (χ4v) is 2.57. The van der Waals surface area contributed by atoms with Crippen LogP contribution in [0.5, 0.6) is 5.75 Å². The summed E-state index contributed by atoms with van der Waals surface area (Å²) < 4.78 is 5.34. The number of carbonyl (C=O) groups excluding carboxylic acids is 1. The standard InChI is InChI=1S/C22H14ClNO2/c23-20-8-4-7-18(14-20)22(25)26-21-11-9-16(10-12-21)13-19(15-24)17-5-2-1-3-6-17/h1-14H/b19-13-. The number of esters is 1. The number of benzene rings is 3. The fourth-order valence-electron chi connectivity index (χ4n) is 2.38. The van der Waals surface area contributed by atoms with Gasteiger partial charge in [-0.3, -0.25) is 0 Å². The van der Waals surface area contributed by atoms with Crippen LogP contribution in [0, 0.1) is 11.3 Å². The molecule has 0 radical (unpaired) electrons. The van der Waals surface area contributed by atoms with Crippen LogP contribution in [0.3, 0.4) is 0 Å². The van der Waals surface area contributed by atoms with E-state index in [0.29, 0.717) is 21.9 Å². The van der Waals surface area contributed by atoms with Crippen molar-refractivity contribution >= 4 is 29.2 Å². The van der Waals surface area contributed by atoms with E-state index in [1.807, 2.05) is 30.3 Å². The monoisotopic (exact) mass is 359 g/mol. The lowest BCUT2D eigenvalue weighted by atomic mass is 10.0. The molecule has 0 amide bonds. The number of ether oxygens (including phenoxy) is 1. The molecule has 0 aromatic heterocycles. The second-order valence-corrected chi connectivity index (χ2v) is 5.94. The Hall–Kier alpha value is -3.35. The first-order valence-corrected chi connectivity index (χ1v) is 8.28. The summed E-state index contributed by atoms with van der Waals surface area (Å²) in [5.41, 5.74) is 2.64. The number of nitrogens with zero attached hydrogens (tertiary/aromatic N) is 1. The zero-order valence-electron chi connectivity index (χ0n) is 13.7. The van der Waals surface area contributed by atoms with E-state index >= 15 is 0 Å². The minimum atomic E-state index is -0.474. The van der Waals surface area contributed by atoms with E-state index in [1.165, 1.54) is 0 Å². The highest BCUT2D eigenvalue weighted by atomic mass is 35.5. The van der Waals surface area contributed by atoms with Gasteiger partial charge in [-0.15, -0.1) is 0 Å².